The second-order valence-corrected chi connectivity index (χ2v) is 5.27. The first kappa shape index (κ1) is 18.1. The van der Waals surface area contributed by atoms with E-state index in [2.05, 4.69) is 0 Å². The van der Waals surface area contributed by atoms with Crippen molar-refractivity contribution in [3.05, 3.63) is 78.4 Å². The van der Waals surface area contributed by atoms with E-state index in [1.165, 1.54) is 0 Å². The standard InChI is InChI=1S/C20H18O5/c1-15(16-8-4-2-5-9-16)18(21)14-24-19(22)12-13-20(23)25-17-10-6-3-7-11-17/h2-13,15H,14H2,1H3/b13-12+. The van der Waals surface area contributed by atoms with Crippen molar-refractivity contribution in [2.24, 2.45) is 0 Å². The summed E-state index contributed by atoms with van der Waals surface area (Å²) < 4.78 is 9.85. The van der Waals surface area contributed by atoms with Crippen LogP contribution >= 0.6 is 0 Å². The Labute approximate surface area is 145 Å². The van der Waals surface area contributed by atoms with Crippen molar-refractivity contribution in [3.63, 3.8) is 0 Å². The molecule has 128 valence electrons. The highest BCUT2D eigenvalue weighted by atomic mass is 16.5. The van der Waals surface area contributed by atoms with E-state index in [0.717, 1.165) is 17.7 Å². The Balaban J connectivity index is 1.78. The second kappa shape index (κ2) is 9.17. The lowest BCUT2D eigenvalue weighted by Crippen LogP contribution is -2.18. The van der Waals surface area contributed by atoms with E-state index < -0.39 is 11.9 Å². The molecule has 0 N–H and O–H groups in total. The van der Waals surface area contributed by atoms with Crippen LogP contribution < -0.4 is 4.74 Å². The number of esters is 2. The normalized spacial score (nSPS) is 11.7. The molecular weight excluding hydrogens is 320 g/mol. The van der Waals surface area contributed by atoms with Gasteiger partial charge in [-0.3, -0.25) is 4.79 Å². The van der Waals surface area contributed by atoms with Crippen LogP contribution in [0.25, 0.3) is 0 Å². The third-order valence-electron chi connectivity index (χ3n) is 3.46. The zero-order valence-corrected chi connectivity index (χ0v) is 13.8. The van der Waals surface area contributed by atoms with Crippen LogP contribution in [0, 0.1) is 0 Å². The Morgan fingerprint density at radius 2 is 1.44 bits per heavy atom. The quantitative estimate of drug-likeness (QED) is 0.441. The lowest BCUT2D eigenvalue weighted by molar-refractivity contribution is -0.143. The van der Waals surface area contributed by atoms with E-state index in [-0.39, 0.29) is 18.3 Å². The van der Waals surface area contributed by atoms with Gasteiger partial charge in [0, 0.05) is 18.1 Å². The molecular formula is C20H18O5. The highest BCUT2D eigenvalue weighted by Gasteiger charge is 2.16. The molecule has 1 atom stereocenters. The summed E-state index contributed by atoms with van der Waals surface area (Å²) in [7, 11) is 0. The molecule has 0 saturated carbocycles. The molecule has 5 nitrogen and oxygen atoms in total. The third-order valence-corrected chi connectivity index (χ3v) is 3.46. The Morgan fingerprint density at radius 1 is 0.880 bits per heavy atom. The van der Waals surface area contributed by atoms with Crippen LogP contribution in [0.1, 0.15) is 18.4 Å². The Morgan fingerprint density at radius 3 is 2.08 bits per heavy atom. The maximum atomic E-state index is 12.0. The van der Waals surface area contributed by atoms with E-state index >= 15 is 0 Å². The molecule has 5 heteroatoms. The van der Waals surface area contributed by atoms with Crippen LogP contribution in [-0.4, -0.2) is 24.3 Å². The molecule has 1 unspecified atom stereocenters. The van der Waals surface area contributed by atoms with Gasteiger partial charge in [0.2, 0.25) is 0 Å². The summed E-state index contributed by atoms with van der Waals surface area (Å²) in [5, 5.41) is 0. The first-order chi connectivity index (χ1) is 12.1. The fourth-order valence-corrected chi connectivity index (χ4v) is 2.02. The molecule has 0 aliphatic rings. The average molecular weight is 338 g/mol. The lowest BCUT2D eigenvalue weighted by atomic mass is 9.97. The molecule has 0 aromatic heterocycles. The average Bonchev–Trinajstić information content (AvgIpc) is 2.65. The first-order valence-electron chi connectivity index (χ1n) is 7.75. The summed E-state index contributed by atoms with van der Waals surface area (Å²) in [6.45, 7) is 1.39. The van der Waals surface area contributed by atoms with Gasteiger partial charge in [0.15, 0.2) is 12.4 Å². The van der Waals surface area contributed by atoms with Crippen molar-refractivity contribution in [1.82, 2.24) is 0 Å². The SMILES string of the molecule is CC(C(=O)COC(=O)/C=C/C(=O)Oc1ccccc1)c1ccccc1. The Bertz CT molecular complexity index is 750. The molecule has 0 spiro atoms. The van der Waals surface area contributed by atoms with Crippen molar-refractivity contribution in [3.8, 4) is 5.75 Å². The molecule has 0 bridgehead atoms. The van der Waals surface area contributed by atoms with Gasteiger partial charge in [-0.25, -0.2) is 9.59 Å². The zero-order valence-electron chi connectivity index (χ0n) is 13.8. The lowest BCUT2D eigenvalue weighted by Gasteiger charge is -2.10. The van der Waals surface area contributed by atoms with Gasteiger partial charge in [-0.2, -0.15) is 0 Å². The number of Topliss-reactive ketones (excluding diaryl/α,β-unsaturated/α-hetero) is 1. The number of ether oxygens (including phenoxy) is 2. The van der Waals surface area contributed by atoms with Gasteiger partial charge in [-0.05, 0) is 17.7 Å². The molecule has 0 radical (unpaired) electrons. The highest BCUT2D eigenvalue weighted by molar-refractivity contribution is 5.94. The number of carbonyl (C=O) groups excluding carboxylic acids is 3. The van der Waals surface area contributed by atoms with Gasteiger partial charge in [-0.15, -0.1) is 0 Å². The molecule has 2 aromatic rings. The zero-order chi connectivity index (χ0) is 18.1. The van der Waals surface area contributed by atoms with Crippen LogP contribution in [0.3, 0.4) is 0 Å². The molecule has 0 saturated heterocycles. The summed E-state index contributed by atoms with van der Waals surface area (Å²) in [4.78, 5) is 35.2. The topological polar surface area (TPSA) is 69.7 Å². The van der Waals surface area contributed by atoms with E-state index in [1.807, 2.05) is 30.3 Å². The molecule has 0 fully saturated rings. The van der Waals surface area contributed by atoms with Crippen LogP contribution in [0.4, 0.5) is 0 Å². The minimum absolute atomic E-state index is 0.222. The summed E-state index contributed by atoms with van der Waals surface area (Å²) >= 11 is 0. The van der Waals surface area contributed by atoms with Gasteiger partial charge in [-0.1, -0.05) is 55.5 Å². The minimum Gasteiger partial charge on any atom is -0.454 e. The van der Waals surface area contributed by atoms with Crippen molar-refractivity contribution < 1.29 is 23.9 Å². The maximum absolute atomic E-state index is 12.0. The summed E-state index contributed by atoms with van der Waals surface area (Å²) in [6.07, 6.45) is 1.90. The van der Waals surface area contributed by atoms with E-state index in [4.69, 9.17) is 9.47 Å². The second-order valence-electron chi connectivity index (χ2n) is 5.27. The van der Waals surface area contributed by atoms with Gasteiger partial charge < -0.3 is 9.47 Å². The maximum Gasteiger partial charge on any atom is 0.336 e. The Kier molecular flexibility index (Phi) is 6.65. The summed E-state index contributed by atoms with van der Waals surface area (Å²) in [6, 6.07) is 17.7. The smallest absolute Gasteiger partial charge is 0.336 e. The van der Waals surface area contributed by atoms with Gasteiger partial charge >= 0.3 is 11.9 Å². The number of ketones is 1. The molecule has 2 aromatic carbocycles. The summed E-state index contributed by atoms with van der Waals surface area (Å²) in [5.41, 5.74) is 0.852. The van der Waals surface area contributed by atoms with Crippen molar-refractivity contribution in [1.29, 1.82) is 0 Å². The molecule has 0 aliphatic heterocycles. The van der Waals surface area contributed by atoms with E-state index in [9.17, 15) is 14.4 Å². The predicted octanol–water partition coefficient (Wildman–Crippen LogP) is 3.06. The van der Waals surface area contributed by atoms with Crippen molar-refractivity contribution in [2.45, 2.75) is 12.8 Å². The first-order valence-corrected chi connectivity index (χ1v) is 7.75. The molecule has 0 aliphatic carbocycles. The Hall–Kier alpha value is -3.21. The number of carbonyl (C=O) groups is 3. The largest absolute Gasteiger partial charge is 0.454 e. The fourth-order valence-electron chi connectivity index (χ4n) is 2.02. The number of hydrogen-bond acceptors (Lipinski definition) is 5. The van der Waals surface area contributed by atoms with Gasteiger partial charge in [0.25, 0.3) is 0 Å². The van der Waals surface area contributed by atoms with Crippen LogP contribution in [-0.2, 0) is 19.1 Å². The van der Waals surface area contributed by atoms with Crippen molar-refractivity contribution >= 4 is 17.7 Å². The minimum atomic E-state index is -0.779. The van der Waals surface area contributed by atoms with Gasteiger partial charge in [0.1, 0.15) is 5.75 Å². The molecule has 25 heavy (non-hydrogen) atoms. The van der Waals surface area contributed by atoms with Crippen LogP contribution in [0.5, 0.6) is 5.75 Å². The van der Waals surface area contributed by atoms with Crippen LogP contribution in [0.15, 0.2) is 72.8 Å². The van der Waals surface area contributed by atoms with E-state index in [1.54, 1.807) is 37.3 Å². The van der Waals surface area contributed by atoms with Gasteiger partial charge in [0.05, 0.1) is 0 Å². The number of para-hydroxylation sites is 1. The van der Waals surface area contributed by atoms with Crippen molar-refractivity contribution in [2.75, 3.05) is 6.61 Å². The molecule has 2 rings (SSSR count). The third kappa shape index (κ3) is 6.06. The fraction of sp³-hybridized carbons (Fsp3) is 0.150. The number of rotatable bonds is 7. The number of hydrogen-bond donors (Lipinski definition) is 0. The number of benzene rings is 2. The summed E-state index contributed by atoms with van der Waals surface area (Å²) in [5.74, 6) is -1.70. The monoisotopic (exact) mass is 338 g/mol. The van der Waals surface area contributed by atoms with E-state index in [0.29, 0.717) is 5.75 Å². The predicted molar refractivity (Wildman–Crippen MR) is 92.0 cm³/mol. The highest BCUT2D eigenvalue weighted by Crippen LogP contribution is 2.15. The molecule has 0 amide bonds. The molecule has 0 heterocycles. The van der Waals surface area contributed by atoms with Crippen LogP contribution in [0.2, 0.25) is 0 Å².